The predicted molar refractivity (Wildman–Crippen MR) is 96.0 cm³/mol. The lowest BCUT2D eigenvalue weighted by Crippen LogP contribution is -2.41. The first-order valence-corrected chi connectivity index (χ1v) is 9.59. The Labute approximate surface area is 150 Å². The Balaban J connectivity index is 2.12. The molecule has 25 heavy (non-hydrogen) atoms. The van der Waals surface area contributed by atoms with Gasteiger partial charge in [-0.2, -0.15) is 0 Å². The number of carbonyl (C=O) groups excluding carboxylic acids is 2. The first-order valence-electron chi connectivity index (χ1n) is 7.33. The number of hydrogen-bond acceptors (Lipinski definition) is 5. The van der Waals surface area contributed by atoms with E-state index in [2.05, 4.69) is 10.9 Å². The quantitative estimate of drug-likeness (QED) is 0.788. The second kappa shape index (κ2) is 7.34. The highest BCUT2D eigenvalue weighted by atomic mass is 32.2. The molecule has 0 saturated carbocycles. The van der Waals surface area contributed by atoms with E-state index in [1.54, 1.807) is 6.07 Å². The van der Waals surface area contributed by atoms with E-state index in [-0.39, 0.29) is 10.5 Å². The molecule has 134 valence electrons. The van der Waals surface area contributed by atoms with Crippen LogP contribution in [-0.2, 0) is 10.0 Å². The fraction of sp³-hybridized carbons (Fsp3) is 0.250. The molecule has 0 unspecified atom stereocenters. The molecule has 1 aromatic carbocycles. The SMILES string of the molecule is Cc1cc(C(=O)NNC(=O)c2cccc(S(=O)(=O)N(C)C)c2)c(C)s1. The normalized spacial score (nSPS) is 11.4. The van der Waals surface area contributed by atoms with Gasteiger partial charge in [-0.1, -0.05) is 6.07 Å². The summed E-state index contributed by atoms with van der Waals surface area (Å²) in [6, 6.07) is 7.35. The Kier molecular flexibility index (Phi) is 5.61. The Hall–Kier alpha value is -2.23. The van der Waals surface area contributed by atoms with E-state index >= 15 is 0 Å². The fourth-order valence-corrected chi connectivity index (χ4v) is 3.99. The van der Waals surface area contributed by atoms with E-state index in [0.717, 1.165) is 14.1 Å². The third kappa shape index (κ3) is 4.25. The van der Waals surface area contributed by atoms with E-state index in [4.69, 9.17) is 0 Å². The van der Waals surface area contributed by atoms with Crippen molar-refractivity contribution in [3.05, 3.63) is 51.2 Å². The Morgan fingerprint density at radius 3 is 2.24 bits per heavy atom. The number of carbonyl (C=O) groups is 2. The van der Waals surface area contributed by atoms with E-state index in [1.807, 2.05) is 13.8 Å². The number of benzene rings is 1. The van der Waals surface area contributed by atoms with Gasteiger partial charge in [-0.25, -0.2) is 12.7 Å². The number of hydrazine groups is 1. The number of rotatable bonds is 4. The summed E-state index contributed by atoms with van der Waals surface area (Å²) >= 11 is 1.49. The van der Waals surface area contributed by atoms with Gasteiger partial charge in [-0.15, -0.1) is 11.3 Å². The standard InChI is InChI=1S/C16H19N3O4S2/c1-10-8-14(11(2)24-10)16(21)18-17-15(20)12-6-5-7-13(9-12)25(22,23)19(3)4/h5-9H,1-4H3,(H,17,20)(H,18,21). The van der Waals surface area contributed by atoms with Gasteiger partial charge in [0.25, 0.3) is 11.8 Å². The number of hydrogen-bond donors (Lipinski definition) is 2. The van der Waals surface area contributed by atoms with Crippen molar-refractivity contribution in [3.63, 3.8) is 0 Å². The molecule has 0 aliphatic carbocycles. The molecule has 0 saturated heterocycles. The van der Waals surface area contributed by atoms with Gasteiger partial charge in [0.2, 0.25) is 10.0 Å². The molecular weight excluding hydrogens is 362 g/mol. The summed E-state index contributed by atoms with van der Waals surface area (Å²) in [5, 5.41) is 0. The maximum Gasteiger partial charge on any atom is 0.270 e. The number of nitrogens with zero attached hydrogens (tertiary/aromatic N) is 1. The number of aryl methyl sites for hydroxylation is 2. The predicted octanol–water partition coefficient (Wildman–Crippen LogP) is 1.69. The molecule has 0 fully saturated rings. The summed E-state index contributed by atoms with van der Waals surface area (Å²) in [5.74, 6) is -1.03. The Bertz CT molecular complexity index is 917. The van der Waals surface area contributed by atoms with Crippen LogP contribution in [0.1, 0.15) is 30.5 Å². The van der Waals surface area contributed by atoms with Crippen LogP contribution < -0.4 is 10.9 Å². The first kappa shape index (κ1) is 19.1. The molecule has 2 aromatic rings. The van der Waals surface area contributed by atoms with Crippen LogP contribution in [-0.4, -0.2) is 38.6 Å². The van der Waals surface area contributed by atoms with E-state index < -0.39 is 21.8 Å². The first-order chi connectivity index (χ1) is 11.6. The minimum absolute atomic E-state index is 0.000723. The topological polar surface area (TPSA) is 95.6 Å². The van der Waals surface area contributed by atoms with Crippen LogP contribution in [0, 0.1) is 13.8 Å². The Morgan fingerprint density at radius 2 is 1.68 bits per heavy atom. The average Bonchev–Trinajstić information content (AvgIpc) is 2.90. The van der Waals surface area contributed by atoms with Crippen LogP contribution in [0.5, 0.6) is 0 Å². The number of thiophene rings is 1. The van der Waals surface area contributed by atoms with Crippen molar-refractivity contribution in [3.8, 4) is 0 Å². The highest BCUT2D eigenvalue weighted by Gasteiger charge is 2.19. The molecule has 0 atom stereocenters. The van der Waals surface area contributed by atoms with Crippen molar-refractivity contribution in [2.45, 2.75) is 18.7 Å². The van der Waals surface area contributed by atoms with Gasteiger partial charge in [-0.3, -0.25) is 20.4 Å². The lowest BCUT2D eigenvalue weighted by atomic mass is 10.2. The molecule has 0 aliphatic rings. The molecule has 1 heterocycles. The van der Waals surface area contributed by atoms with Crippen LogP contribution >= 0.6 is 11.3 Å². The van der Waals surface area contributed by atoms with Gasteiger partial charge in [0.1, 0.15) is 0 Å². The zero-order valence-corrected chi connectivity index (χ0v) is 15.9. The highest BCUT2D eigenvalue weighted by Crippen LogP contribution is 2.20. The van der Waals surface area contributed by atoms with Crippen LogP contribution in [0.2, 0.25) is 0 Å². The zero-order valence-electron chi connectivity index (χ0n) is 14.3. The molecule has 7 nitrogen and oxygen atoms in total. The Morgan fingerprint density at radius 1 is 1.04 bits per heavy atom. The highest BCUT2D eigenvalue weighted by molar-refractivity contribution is 7.89. The smallest absolute Gasteiger partial charge is 0.267 e. The molecule has 0 radical (unpaired) electrons. The number of sulfonamides is 1. The summed E-state index contributed by atoms with van der Waals surface area (Å²) in [6.45, 7) is 3.72. The molecule has 0 spiro atoms. The van der Waals surface area contributed by atoms with E-state index in [0.29, 0.717) is 5.56 Å². The van der Waals surface area contributed by atoms with Crippen molar-refractivity contribution in [2.75, 3.05) is 14.1 Å². The lowest BCUT2D eigenvalue weighted by Gasteiger charge is -2.12. The minimum Gasteiger partial charge on any atom is -0.267 e. The van der Waals surface area contributed by atoms with E-state index in [9.17, 15) is 18.0 Å². The summed E-state index contributed by atoms with van der Waals surface area (Å²) < 4.78 is 25.3. The van der Waals surface area contributed by atoms with Crippen LogP contribution in [0.15, 0.2) is 35.2 Å². The molecular formula is C16H19N3O4S2. The van der Waals surface area contributed by atoms with Gasteiger partial charge in [-0.05, 0) is 38.1 Å². The van der Waals surface area contributed by atoms with Gasteiger partial charge >= 0.3 is 0 Å². The third-order valence-corrected chi connectivity index (χ3v) is 6.23. The summed E-state index contributed by atoms with van der Waals surface area (Å²) in [6.07, 6.45) is 0. The van der Waals surface area contributed by atoms with Gasteiger partial charge in [0, 0.05) is 29.4 Å². The molecule has 0 bridgehead atoms. The number of amides is 2. The fourth-order valence-electron chi connectivity index (χ4n) is 2.12. The van der Waals surface area contributed by atoms with Gasteiger partial charge < -0.3 is 0 Å². The summed E-state index contributed by atoms with van der Waals surface area (Å²) in [4.78, 5) is 26.1. The summed E-state index contributed by atoms with van der Waals surface area (Å²) in [5.41, 5.74) is 5.26. The van der Waals surface area contributed by atoms with Crippen molar-refractivity contribution in [2.24, 2.45) is 0 Å². The van der Waals surface area contributed by atoms with Crippen LogP contribution in [0.3, 0.4) is 0 Å². The molecule has 2 rings (SSSR count). The van der Waals surface area contributed by atoms with Crippen LogP contribution in [0.4, 0.5) is 0 Å². The van der Waals surface area contributed by atoms with E-state index in [1.165, 1.54) is 49.7 Å². The largest absolute Gasteiger partial charge is 0.270 e. The monoisotopic (exact) mass is 381 g/mol. The van der Waals surface area contributed by atoms with Gasteiger partial charge in [0.05, 0.1) is 10.5 Å². The molecule has 0 aliphatic heterocycles. The molecule has 1 aromatic heterocycles. The van der Waals surface area contributed by atoms with Crippen molar-refractivity contribution in [1.29, 1.82) is 0 Å². The van der Waals surface area contributed by atoms with Crippen molar-refractivity contribution >= 4 is 33.2 Å². The maximum atomic E-state index is 12.2. The van der Waals surface area contributed by atoms with Crippen molar-refractivity contribution < 1.29 is 18.0 Å². The second-order valence-corrected chi connectivity index (χ2v) is 9.16. The maximum absolute atomic E-state index is 12.2. The van der Waals surface area contributed by atoms with Gasteiger partial charge in [0.15, 0.2) is 0 Å². The molecule has 9 heteroatoms. The zero-order chi connectivity index (χ0) is 18.8. The van der Waals surface area contributed by atoms with Crippen LogP contribution in [0.25, 0.3) is 0 Å². The molecule has 2 N–H and O–H groups in total. The number of nitrogens with one attached hydrogen (secondary N) is 2. The second-order valence-electron chi connectivity index (χ2n) is 5.55. The van der Waals surface area contributed by atoms with Crippen molar-refractivity contribution in [1.82, 2.24) is 15.2 Å². The minimum atomic E-state index is -3.64. The lowest BCUT2D eigenvalue weighted by molar-refractivity contribution is 0.0846. The molecule has 2 amide bonds. The third-order valence-electron chi connectivity index (χ3n) is 3.45. The summed E-state index contributed by atoms with van der Waals surface area (Å²) in [7, 11) is -0.822. The average molecular weight is 381 g/mol.